The van der Waals surface area contributed by atoms with Gasteiger partial charge in [-0.05, 0) is 18.1 Å². The van der Waals surface area contributed by atoms with Crippen molar-refractivity contribution in [3.8, 4) is 5.75 Å². The molecule has 1 aromatic carbocycles. The lowest BCUT2D eigenvalue weighted by Crippen LogP contribution is -2.13. The van der Waals surface area contributed by atoms with Gasteiger partial charge in [0.15, 0.2) is 0 Å². The summed E-state index contributed by atoms with van der Waals surface area (Å²) in [7, 11) is 1.67. The maximum absolute atomic E-state index is 6.16. The summed E-state index contributed by atoms with van der Waals surface area (Å²) in [5, 5.41) is 3.44. The van der Waals surface area contributed by atoms with Gasteiger partial charge in [-0.2, -0.15) is 0 Å². The molecule has 2 nitrogen and oxygen atoms in total. The summed E-state index contributed by atoms with van der Waals surface area (Å²) in [4.78, 5) is 0. The molecule has 0 bridgehead atoms. The topological polar surface area (TPSA) is 21.3 Å². The first-order chi connectivity index (χ1) is 6.31. The fourth-order valence-electron chi connectivity index (χ4n) is 1.58. The van der Waals surface area contributed by atoms with Gasteiger partial charge in [-0.15, -0.1) is 11.6 Å². The number of fused-ring (bicyclic) bond motifs is 1. The number of rotatable bonds is 1. The van der Waals surface area contributed by atoms with Crippen LogP contribution in [-0.2, 0) is 0 Å². The fraction of sp³-hybridized carbons (Fsp3) is 0.400. The molecule has 3 heteroatoms. The van der Waals surface area contributed by atoms with Crippen LogP contribution in [0.1, 0.15) is 17.4 Å². The zero-order valence-corrected chi connectivity index (χ0v) is 8.27. The molecule has 0 saturated heterocycles. The number of hydrogen-bond acceptors (Lipinski definition) is 2. The van der Waals surface area contributed by atoms with E-state index in [4.69, 9.17) is 16.3 Å². The van der Waals surface area contributed by atoms with E-state index in [1.165, 1.54) is 5.56 Å². The summed E-state index contributed by atoms with van der Waals surface area (Å²) in [6.45, 7) is 0.939. The van der Waals surface area contributed by atoms with Gasteiger partial charge in [0.05, 0.1) is 12.5 Å². The summed E-state index contributed by atoms with van der Waals surface area (Å²) in [6.07, 6.45) is 0.987. The molecule has 0 radical (unpaired) electrons. The third-order valence-corrected chi connectivity index (χ3v) is 2.76. The van der Waals surface area contributed by atoms with Crippen molar-refractivity contribution in [2.45, 2.75) is 11.8 Å². The Morgan fingerprint density at radius 2 is 2.38 bits per heavy atom. The second kappa shape index (κ2) is 3.46. The molecule has 1 unspecified atom stereocenters. The molecule has 0 fully saturated rings. The van der Waals surface area contributed by atoms with Crippen LogP contribution < -0.4 is 10.1 Å². The SMILES string of the molecule is COc1ccc2c(c1)NCCC2Cl. The van der Waals surface area contributed by atoms with Crippen LogP contribution in [0, 0.1) is 0 Å². The zero-order valence-electron chi connectivity index (χ0n) is 7.51. The molecule has 1 N–H and O–H groups in total. The number of hydrogen-bond donors (Lipinski definition) is 1. The van der Waals surface area contributed by atoms with E-state index in [1.807, 2.05) is 18.2 Å². The van der Waals surface area contributed by atoms with Crippen LogP contribution in [0.3, 0.4) is 0 Å². The van der Waals surface area contributed by atoms with Gasteiger partial charge >= 0.3 is 0 Å². The monoisotopic (exact) mass is 197 g/mol. The van der Waals surface area contributed by atoms with Crippen molar-refractivity contribution in [3.05, 3.63) is 23.8 Å². The molecule has 1 aromatic rings. The molecule has 1 aliphatic heterocycles. The van der Waals surface area contributed by atoms with E-state index in [9.17, 15) is 0 Å². The van der Waals surface area contributed by atoms with Crippen LogP contribution in [0.25, 0.3) is 0 Å². The van der Waals surface area contributed by atoms with E-state index in [0.29, 0.717) is 0 Å². The lowest BCUT2D eigenvalue weighted by atomic mass is 10.0. The van der Waals surface area contributed by atoms with Gasteiger partial charge in [0.1, 0.15) is 5.75 Å². The Labute approximate surface area is 82.9 Å². The molecule has 0 saturated carbocycles. The van der Waals surface area contributed by atoms with E-state index in [2.05, 4.69) is 5.32 Å². The largest absolute Gasteiger partial charge is 0.497 e. The van der Waals surface area contributed by atoms with Crippen molar-refractivity contribution < 1.29 is 4.74 Å². The van der Waals surface area contributed by atoms with Gasteiger partial charge in [-0.25, -0.2) is 0 Å². The number of nitrogens with one attached hydrogen (secondary N) is 1. The zero-order chi connectivity index (χ0) is 9.26. The minimum absolute atomic E-state index is 0.141. The molecule has 0 aromatic heterocycles. The third-order valence-electron chi connectivity index (χ3n) is 2.31. The molecule has 13 heavy (non-hydrogen) atoms. The van der Waals surface area contributed by atoms with Gasteiger partial charge in [0, 0.05) is 18.3 Å². The summed E-state index contributed by atoms with van der Waals surface area (Å²) in [6, 6.07) is 5.96. The maximum Gasteiger partial charge on any atom is 0.120 e. The second-order valence-electron chi connectivity index (χ2n) is 3.14. The molecule has 1 heterocycles. The smallest absolute Gasteiger partial charge is 0.120 e. The lowest BCUT2D eigenvalue weighted by molar-refractivity contribution is 0.414. The van der Waals surface area contributed by atoms with E-state index >= 15 is 0 Å². The molecule has 2 rings (SSSR count). The van der Waals surface area contributed by atoms with Crippen LogP contribution in [-0.4, -0.2) is 13.7 Å². The molecule has 0 aliphatic carbocycles. The Morgan fingerprint density at radius 1 is 1.54 bits per heavy atom. The second-order valence-corrected chi connectivity index (χ2v) is 3.66. The Balaban J connectivity index is 2.39. The Hall–Kier alpha value is -0.890. The molecule has 1 aliphatic rings. The van der Waals surface area contributed by atoms with Gasteiger partial charge in [-0.1, -0.05) is 6.07 Å². The highest BCUT2D eigenvalue weighted by Gasteiger charge is 2.17. The van der Waals surface area contributed by atoms with Crippen molar-refractivity contribution in [1.29, 1.82) is 0 Å². The first-order valence-electron chi connectivity index (χ1n) is 4.37. The van der Waals surface area contributed by atoms with Crippen LogP contribution in [0.2, 0.25) is 0 Å². The molecular formula is C10H12ClNO. The summed E-state index contributed by atoms with van der Waals surface area (Å²) in [5.41, 5.74) is 2.28. The Bertz CT molecular complexity index is 314. The first-order valence-corrected chi connectivity index (χ1v) is 4.81. The number of anilines is 1. The van der Waals surface area contributed by atoms with Gasteiger partial charge in [0.25, 0.3) is 0 Å². The summed E-state index contributed by atoms with van der Waals surface area (Å²) in [5.74, 6) is 0.872. The highest BCUT2D eigenvalue weighted by Crippen LogP contribution is 2.36. The van der Waals surface area contributed by atoms with E-state index in [1.54, 1.807) is 7.11 Å². The summed E-state index contributed by atoms with van der Waals surface area (Å²) >= 11 is 6.16. The number of alkyl halides is 1. The first kappa shape index (κ1) is 8.70. The van der Waals surface area contributed by atoms with Crippen molar-refractivity contribution in [1.82, 2.24) is 0 Å². The van der Waals surface area contributed by atoms with Crippen molar-refractivity contribution in [2.75, 3.05) is 19.0 Å². The van der Waals surface area contributed by atoms with Crippen LogP contribution in [0.5, 0.6) is 5.75 Å². The number of halogens is 1. The molecule has 1 atom stereocenters. The number of methoxy groups -OCH3 is 1. The van der Waals surface area contributed by atoms with Crippen LogP contribution >= 0.6 is 11.6 Å². The average molecular weight is 198 g/mol. The van der Waals surface area contributed by atoms with Gasteiger partial charge in [-0.3, -0.25) is 0 Å². The molecule has 0 amide bonds. The quantitative estimate of drug-likeness (QED) is 0.700. The minimum atomic E-state index is 0.141. The summed E-state index contributed by atoms with van der Waals surface area (Å²) < 4.78 is 5.13. The number of ether oxygens (including phenoxy) is 1. The lowest BCUT2D eigenvalue weighted by Gasteiger charge is -2.22. The highest BCUT2D eigenvalue weighted by atomic mass is 35.5. The molecule has 70 valence electrons. The van der Waals surface area contributed by atoms with E-state index < -0.39 is 0 Å². The van der Waals surface area contributed by atoms with Crippen LogP contribution in [0.15, 0.2) is 18.2 Å². The minimum Gasteiger partial charge on any atom is -0.497 e. The predicted octanol–water partition coefficient (Wildman–Crippen LogP) is 2.79. The van der Waals surface area contributed by atoms with Gasteiger partial charge < -0.3 is 10.1 Å². The van der Waals surface area contributed by atoms with Crippen molar-refractivity contribution >= 4 is 17.3 Å². The number of benzene rings is 1. The maximum atomic E-state index is 6.16. The molecule has 0 spiro atoms. The van der Waals surface area contributed by atoms with E-state index in [0.717, 1.165) is 24.4 Å². The predicted molar refractivity (Wildman–Crippen MR) is 54.7 cm³/mol. The van der Waals surface area contributed by atoms with E-state index in [-0.39, 0.29) is 5.38 Å². The van der Waals surface area contributed by atoms with Crippen molar-refractivity contribution in [2.24, 2.45) is 0 Å². The average Bonchev–Trinajstić information content (AvgIpc) is 2.18. The van der Waals surface area contributed by atoms with Crippen LogP contribution in [0.4, 0.5) is 5.69 Å². The highest BCUT2D eigenvalue weighted by molar-refractivity contribution is 6.21. The van der Waals surface area contributed by atoms with Gasteiger partial charge in [0.2, 0.25) is 0 Å². The Morgan fingerprint density at radius 3 is 3.15 bits per heavy atom. The Kier molecular flexibility index (Phi) is 2.32. The van der Waals surface area contributed by atoms with Crippen molar-refractivity contribution in [3.63, 3.8) is 0 Å². The standard InChI is InChI=1S/C10H12ClNO/c1-13-7-2-3-8-9(11)4-5-12-10(8)6-7/h2-3,6,9,12H,4-5H2,1H3. The normalized spacial score (nSPS) is 20.3. The third kappa shape index (κ3) is 1.59. The molecular weight excluding hydrogens is 186 g/mol. The fourth-order valence-corrected chi connectivity index (χ4v) is 1.88.